The van der Waals surface area contributed by atoms with E-state index in [1.807, 2.05) is 6.26 Å². The van der Waals surface area contributed by atoms with Gasteiger partial charge in [-0.15, -0.1) is 11.8 Å². The van der Waals surface area contributed by atoms with Crippen molar-refractivity contribution in [2.24, 2.45) is 0 Å². The van der Waals surface area contributed by atoms with Crippen LogP contribution in [0, 0.1) is 0 Å². The number of thioether (sulfide) groups is 1. The second-order valence-corrected chi connectivity index (χ2v) is 3.75. The molecule has 0 unspecified atom stereocenters. The summed E-state index contributed by atoms with van der Waals surface area (Å²) in [4.78, 5) is 0.820. The SMILES string of the molecule is CSc1cccc([C@@H]([NH3+])C(F)(F)F)c1. The first-order valence-corrected chi connectivity index (χ1v) is 5.21. The van der Waals surface area contributed by atoms with Crippen molar-refractivity contribution >= 4 is 11.8 Å². The summed E-state index contributed by atoms with van der Waals surface area (Å²) in [7, 11) is 0. The highest BCUT2D eigenvalue weighted by Gasteiger charge is 2.41. The number of benzene rings is 1. The van der Waals surface area contributed by atoms with Crippen molar-refractivity contribution in [3.05, 3.63) is 29.8 Å². The molecule has 0 saturated carbocycles. The fraction of sp³-hybridized carbons (Fsp3) is 0.333. The maximum absolute atomic E-state index is 12.3. The standard InChI is InChI=1S/C9H10F3NS/c1-14-7-4-2-3-6(5-7)8(13)9(10,11)12/h2-5,8H,13H2,1H3/p+1/t8-/m1/s1. The van der Waals surface area contributed by atoms with Crippen LogP contribution < -0.4 is 5.73 Å². The largest absolute Gasteiger partial charge is 0.445 e. The van der Waals surface area contributed by atoms with Crippen LogP contribution in [0.3, 0.4) is 0 Å². The van der Waals surface area contributed by atoms with Gasteiger partial charge in [-0.1, -0.05) is 12.1 Å². The lowest BCUT2D eigenvalue weighted by Crippen LogP contribution is -2.60. The molecule has 0 saturated heterocycles. The Balaban J connectivity index is 2.95. The average molecular weight is 222 g/mol. The Hall–Kier alpha value is -0.680. The van der Waals surface area contributed by atoms with Gasteiger partial charge in [-0.3, -0.25) is 0 Å². The van der Waals surface area contributed by atoms with Gasteiger partial charge in [-0.05, 0) is 18.4 Å². The maximum Gasteiger partial charge on any atom is 0.445 e. The van der Waals surface area contributed by atoms with Crippen LogP contribution in [0.25, 0.3) is 0 Å². The fourth-order valence-corrected chi connectivity index (χ4v) is 1.52. The van der Waals surface area contributed by atoms with Crippen molar-refractivity contribution in [2.45, 2.75) is 17.1 Å². The zero-order chi connectivity index (χ0) is 10.8. The predicted molar refractivity (Wildman–Crippen MR) is 49.9 cm³/mol. The monoisotopic (exact) mass is 222 g/mol. The van der Waals surface area contributed by atoms with Crippen LogP contribution in [0.15, 0.2) is 29.2 Å². The third-order valence-electron chi connectivity index (χ3n) is 1.89. The summed E-state index contributed by atoms with van der Waals surface area (Å²) in [5, 5.41) is 0. The smallest absolute Gasteiger partial charge is 0.344 e. The molecule has 0 amide bonds. The van der Waals surface area contributed by atoms with E-state index in [9.17, 15) is 13.2 Å². The Morgan fingerprint density at radius 2 is 2.00 bits per heavy atom. The molecule has 0 fully saturated rings. The van der Waals surface area contributed by atoms with Crippen molar-refractivity contribution < 1.29 is 18.9 Å². The fourth-order valence-electron chi connectivity index (χ4n) is 1.05. The molecule has 1 nitrogen and oxygen atoms in total. The molecule has 0 bridgehead atoms. The van der Waals surface area contributed by atoms with Gasteiger partial charge in [0, 0.05) is 10.5 Å². The molecular weight excluding hydrogens is 211 g/mol. The van der Waals surface area contributed by atoms with Crippen LogP contribution in [0.4, 0.5) is 13.2 Å². The maximum atomic E-state index is 12.3. The van der Waals surface area contributed by atoms with Crippen molar-refractivity contribution in [1.29, 1.82) is 0 Å². The van der Waals surface area contributed by atoms with Gasteiger partial charge in [0.05, 0.1) is 0 Å². The lowest BCUT2D eigenvalue weighted by atomic mass is 10.1. The van der Waals surface area contributed by atoms with Gasteiger partial charge < -0.3 is 5.73 Å². The van der Waals surface area contributed by atoms with E-state index < -0.39 is 12.2 Å². The summed E-state index contributed by atoms with van der Waals surface area (Å²) in [6.07, 6.45) is -2.44. The molecular formula is C9H11F3NS+. The number of hydrogen-bond acceptors (Lipinski definition) is 1. The molecule has 1 aromatic rings. The first-order chi connectivity index (χ1) is 6.45. The number of quaternary nitrogens is 1. The first-order valence-electron chi connectivity index (χ1n) is 3.99. The summed E-state index contributed by atoms with van der Waals surface area (Å²) >= 11 is 1.42. The highest BCUT2D eigenvalue weighted by atomic mass is 32.2. The van der Waals surface area contributed by atoms with Gasteiger partial charge >= 0.3 is 6.18 Å². The van der Waals surface area contributed by atoms with Gasteiger partial charge in [0.15, 0.2) is 0 Å². The molecule has 0 aromatic heterocycles. The Bertz CT molecular complexity index is 311. The number of rotatable bonds is 2. The predicted octanol–water partition coefficient (Wildman–Crippen LogP) is 2.25. The van der Waals surface area contributed by atoms with E-state index in [2.05, 4.69) is 5.73 Å². The molecule has 0 heterocycles. The molecule has 0 spiro atoms. The number of alkyl halides is 3. The summed E-state index contributed by atoms with van der Waals surface area (Å²) < 4.78 is 36.9. The van der Waals surface area contributed by atoms with Crippen molar-refractivity contribution in [3.63, 3.8) is 0 Å². The zero-order valence-corrected chi connectivity index (χ0v) is 8.45. The minimum atomic E-state index is -4.27. The molecule has 0 aliphatic heterocycles. The van der Waals surface area contributed by atoms with Crippen LogP contribution >= 0.6 is 11.8 Å². The van der Waals surface area contributed by atoms with Crippen LogP contribution in [0.5, 0.6) is 0 Å². The van der Waals surface area contributed by atoms with Crippen molar-refractivity contribution in [2.75, 3.05) is 6.26 Å². The molecule has 78 valence electrons. The molecule has 1 aromatic carbocycles. The van der Waals surface area contributed by atoms with E-state index in [4.69, 9.17) is 0 Å². The summed E-state index contributed by atoms with van der Waals surface area (Å²) in [6.45, 7) is 0. The second kappa shape index (κ2) is 4.23. The molecule has 3 N–H and O–H groups in total. The molecule has 14 heavy (non-hydrogen) atoms. The summed E-state index contributed by atoms with van der Waals surface area (Å²) in [6, 6.07) is 4.72. The van der Waals surface area contributed by atoms with Gasteiger partial charge in [-0.2, -0.15) is 13.2 Å². The first kappa shape index (κ1) is 11.4. The van der Waals surface area contributed by atoms with Crippen LogP contribution in [-0.4, -0.2) is 12.4 Å². The normalized spacial score (nSPS) is 14.1. The lowest BCUT2D eigenvalue weighted by molar-refractivity contribution is -0.488. The number of halogens is 3. The molecule has 0 radical (unpaired) electrons. The van der Waals surface area contributed by atoms with E-state index in [0.717, 1.165) is 4.90 Å². The topological polar surface area (TPSA) is 27.6 Å². The van der Waals surface area contributed by atoms with Crippen LogP contribution in [-0.2, 0) is 0 Å². The van der Waals surface area contributed by atoms with Crippen molar-refractivity contribution in [1.82, 2.24) is 0 Å². The Morgan fingerprint density at radius 3 is 2.50 bits per heavy atom. The Labute approximate surface area is 84.5 Å². The van der Waals surface area contributed by atoms with E-state index in [1.165, 1.54) is 23.9 Å². The molecule has 0 aliphatic rings. The van der Waals surface area contributed by atoms with E-state index in [1.54, 1.807) is 12.1 Å². The minimum absolute atomic E-state index is 0.212. The third-order valence-corrected chi connectivity index (χ3v) is 2.62. The minimum Gasteiger partial charge on any atom is -0.344 e. The van der Waals surface area contributed by atoms with E-state index in [0.29, 0.717) is 0 Å². The molecule has 1 atom stereocenters. The Kier molecular flexibility index (Phi) is 3.44. The Morgan fingerprint density at radius 1 is 1.36 bits per heavy atom. The van der Waals surface area contributed by atoms with E-state index in [-0.39, 0.29) is 5.56 Å². The van der Waals surface area contributed by atoms with Crippen LogP contribution in [0.2, 0.25) is 0 Å². The van der Waals surface area contributed by atoms with E-state index >= 15 is 0 Å². The highest BCUT2D eigenvalue weighted by Crippen LogP contribution is 2.30. The summed E-state index contributed by atoms with van der Waals surface area (Å²) in [5.74, 6) is 0. The quantitative estimate of drug-likeness (QED) is 0.764. The lowest BCUT2D eigenvalue weighted by Gasteiger charge is -2.12. The van der Waals surface area contributed by atoms with Crippen molar-refractivity contribution in [3.8, 4) is 0 Å². The third kappa shape index (κ3) is 2.65. The summed E-state index contributed by atoms with van der Waals surface area (Å²) in [5.41, 5.74) is 3.33. The molecule has 1 rings (SSSR count). The average Bonchev–Trinajstić information content (AvgIpc) is 2.15. The number of hydrogen-bond donors (Lipinski definition) is 1. The zero-order valence-electron chi connectivity index (χ0n) is 7.64. The van der Waals surface area contributed by atoms with Gasteiger partial charge in [-0.25, -0.2) is 0 Å². The van der Waals surface area contributed by atoms with Gasteiger partial charge in [0.25, 0.3) is 0 Å². The molecule has 0 aliphatic carbocycles. The molecule has 5 heteroatoms. The van der Waals surface area contributed by atoms with Gasteiger partial charge in [0.1, 0.15) is 0 Å². The van der Waals surface area contributed by atoms with Gasteiger partial charge in [0.2, 0.25) is 6.04 Å². The highest BCUT2D eigenvalue weighted by molar-refractivity contribution is 7.98. The second-order valence-electron chi connectivity index (χ2n) is 2.87. The van der Waals surface area contributed by atoms with Crippen LogP contribution in [0.1, 0.15) is 11.6 Å².